The van der Waals surface area contributed by atoms with Crippen molar-refractivity contribution in [3.05, 3.63) is 12.7 Å². The number of hydrogen-bond donors (Lipinski definition) is 0. The number of unbranched alkanes of at least 4 members (excludes halogenated alkanes) is 3. The SMILES string of the molecule is C=CCCCCC(=O)OCCCC. The summed E-state index contributed by atoms with van der Waals surface area (Å²) >= 11 is 0. The number of rotatable bonds is 8. The molecule has 0 spiro atoms. The van der Waals surface area contributed by atoms with E-state index in [9.17, 15) is 4.79 Å². The van der Waals surface area contributed by atoms with Crippen molar-refractivity contribution in [2.75, 3.05) is 6.61 Å². The van der Waals surface area contributed by atoms with Crippen LogP contribution in [0.2, 0.25) is 0 Å². The maximum Gasteiger partial charge on any atom is 0.305 e. The molecule has 0 saturated heterocycles. The topological polar surface area (TPSA) is 26.3 Å². The van der Waals surface area contributed by atoms with Crippen molar-refractivity contribution >= 4 is 5.97 Å². The van der Waals surface area contributed by atoms with Crippen molar-refractivity contribution in [1.29, 1.82) is 0 Å². The van der Waals surface area contributed by atoms with Gasteiger partial charge in [0, 0.05) is 6.42 Å². The number of carbonyl (C=O) groups excluding carboxylic acids is 1. The van der Waals surface area contributed by atoms with Gasteiger partial charge in [0.2, 0.25) is 0 Å². The Labute approximate surface area is 81.0 Å². The largest absolute Gasteiger partial charge is 0.466 e. The predicted molar refractivity (Wildman–Crippen MR) is 54.5 cm³/mol. The van der Waals surface area contributed by atoms with Crippen LogP contribution in [0.15, 0.2) is 12.7 Å². The van der Waals surface area contributed by atoms with E-state index in [2.05, 4.69) is 13.5 Å². The zero-order chi connectivity index (χ0) is 9.94. The summed E-state index contributed by atoms with van der Waals surface area (Å²) in [6.45, 7) is 6.28. The fraction of sp³-hybridized carbons (Fsp3) is 0.727. The minimum atomic E-state index is -0.0579. The summed E-state index contributed by atoms with van der Waals surface area (Å²) in [4.78, 5) is 11.0. The van der Waals surface area contributed by atoms with Crippen LogP contribution >= 0.6 is 0 Å². The summed E-state index contributed by atoms with van der Waals surface area (Å²) < 4.78 is 5.00. The van der Waals surface area contributed by atoms with Crippen LogP contribution < -0.4 is 0 Å². The fourth-order valence-corrected chi connectivity index (χ4v) is 0.961. The van der Waals surface area contributed by atoms with Crippen LogP contribution in [-0.2, 0) is 9.53 Å². The molecule has 0 rings (SSSR count). The van der Waals surface area contributed by atoms with Crippen LogP contribution in [0.25, 0.3) is 0 Å². The smallest absolute Gasteiger partial charge is 0.305 e. The quantitative estimate of drug-likeness (QED) is 0.329. The molecule has 76 valence electrons. The Morgan fingerprint density at radius 1 is 1.38 bits per heavy atom. The van der Waals surface area contributed by atoms with E-state index in [1.165, 1.54) is 0 Å². The lowest BCUT2D eigenvalue weighted by molar-refractivity contribution is -0.143. The Balaban J connectivity index is 3.15. The Kier molecular flexibility index (Phi) is 8.73. The van der Waals surface area contributed by atoms with Crippen LogP contribution in [0, 0.1) is 0 Å². The molecular formula is C11H20O2. The molecule has 0 aromatic heterocycles. The molecule has 0 aliphatic rings. The average molecular weight is 184 g/mol. The van der Waals surface area contributed by atoms with Crippen molar-refractivity contribution in [2.45, 2.75) is 45.4 Å². The molecule has 0 unspecified atom stereocenters. The predicted octanol–water partition coefficient (Wildman–Crippen LogP) is 3.08. The number of allylic oxidation sites excluding steroid dienone is 1. The van der Waals surface area contributed by atoms with Gasteiger partial charge in [-0.3, -0.25) is 4.79 Å². The highest BCUT2D eigenvalue weighted by Gasteiger charge is 2.00. The highest BCUT2D eigenvalue weighted by atomic mass is 16.5. The van der Waals surface area contributed by atoms with Crippen molar-refractivity contribution in [3.8, 4) is 0 Å². The monoisotopic (exact) mass is 184 g/mol. The highest BCUT2D eigenvalue weighted by molar-refractivity contribution is 5.69. The molecule has 2 nitrogen and oxygen atoms in total. The van der Waals surface area contributed by atoms with Crippen molar-refractivity contribution in [2.24, 2.45) is 0 Å². The highest BCUT2D eigenvalue weighted by Crippen LogP contribution is 2.02. The summed E-state index contributed by atoms with van der Waals surface area (Å²) in [6.07, 6.45) is 7.41. The van der Waals surface area contributed by atoms with Crippen molar-refractivity contribution in [1.82, 2.24) is 0 Å². The molecule has 0 fully saturated rings. The maximum atomic E-state index is 11.0. The van der Waals surface area contributed by atoms with Crippen LogP contribution in [-0.4, -0.2) is 12.6 Å². The lowest BCUT2D eigenvalue weighted by Gasteiger charge is -2.02. The first-order valence-corrected chi connectivity index (χ1v) is 5.07. The lowest BCUT2D eigenvalue weighted by atomic mass is 10.2. The van der Waals surface area contributed by atoms with Crippen molar-refractivity contribution in [3.63, 3.8) is 0 Å². The van der Waals surface area contributed by atoms with Gasteiger partial charge in [0.15, 0.2) is 0 Å². The van der Waals surface area contributed by atoms with E-state index >= 15 is 0 Å². The molecule has 0 saturated carbocycles. The molecule has 0 N–H and O–H groups in total. The zero-order valence-electron chi connectivity index (χ0n) is 8.55. The summed E-state index contributed by atoms with van der Waals surface area (Å²) in [5, 5.41) is 0. The molecule has 0 aromatic rings. The van der Waals surface area contributed by atoms with Crippen LogP contribution in [0.4, 0.5) is 0 Å². The van der Waals surface area contributed by atoms with Gasteiger partial charge in [0.05, 0.1) is 6.61 Å². The number of carbonyl (C=O) groups is 1. The summed E-state index contributed by atoms with van der Waals surface area (Å²) in [6, 6.07) is 0. The molecule has 0 bridgehead atoms. The van der Waals surface area contributed by atoms with Gasteiger partial charge in [-0.1, -0.05) is 19.4 Å². The molecule has 0 aliphatic heterocycles. The molecule has 0 aliphatic carbocycles. The van der Waals surface area contributed by atoms with E-state index < -0.39 is 0 Å². The standard InChI is InChI=1S/C11H20O2/c1-3-5-7-8-9-11(12)13-10-6-4-2/h3H,1,4-10H2,2H3. The van der Waals surface area contributed by atoms with E-state index in [-0.39, 0.29) is 5.97 Å². The van der Waals surface area contributed by atoms with Gasteiger partial charge in [-0.25, -0.2) is 0 Å². The normalized spacial score (nSPS) is 9.62. The van der Waals surface area contributed by atoms with Crippen LogP contribution in [0.5, 0.6) is 0 Å². The first-order valence-electron chi connectivity index (χ1n) is 5.07. The summed E-state index contributed by atoms with van der Waals surface area (Å²) in [5.41, 5.74) is 0. The summed E-state index contributed by atoms with van der Waals surface area (Å²) in [5.74, 6) is -0.0579. The number of ether oxygens (including phenoxy) is 1. The number of hydrogen-bond acceptors (Lipinski definition) is 2. The van der Waals surface area contributed by atoms with E-state index in [1.54, 1.807) is 0 Å². The van der Waals surface area contributed by atoms with E-state index in [0.717, 1.165) is 32.1 Å². The minimum absolute atomic E-state index is 0.0579. The van der Waals surface area contributed by atoms with Crippen molar-refractivity contribution < 1.29 is 9.53 Å². The molecule has 13 heavy (non-hydrogen) atoms. The van der Waals surface area contributed by atoms with Gasteiger partial charge in [-0.15, -0.1) is 6.58 Å². The number of esters is 1. The fourth-order valence-electron chi connectivity index (χ4n) is 0.961. The molecule has 0 heterocycles. The third kappa shape index (κ3) is 9.12. The second kappa shape index (κ2) is 9.30. The summed E-state index contributed by atoms with van der Waals surface area (Å²) in [7, 11) is 0. The minimum Gasteiger partial charge on any atom is -0.466 e. The first-order chi connectivity index (χ1) is 6.31. The average Bonchev–Trinajstić information content (AvgIpc) is 2.13. The van der Waals surface area contributed by atoms with Gasteiger partial charge in [0.1, 0.15) is 0 Å². The molecule has 0 atom stereocenters. The molecule has 0 radical (unpaired) electrons. The maximum absolute atomic E-state index is 11.0. The second-order valence-electron chi connectivity index (χ2n) is 3.11. The zero-order valence-corrected chi connectivity index (χ0v) is 8.55. The Bertz CT molecular complexity index is 141. The molecule has 0 aromatic carbocycles. The van der Waals surface area contributed by atoms with Gasteiger partial charge in [-0.2, -0.15) is 0 Å². The first kappa shape index (κ1) is 12.2. The van der Waals surface area contributed by atoms with E-state index in [1.807, 2.05) is 6.08 Å². The second-order valence-corrected chi connectivity index (χ2v) is 3.11. The van der Waals surface area contributed by atoms with Gasteiger partial charge in [0.25, 0.3) is 0 Å². The van der Waals surface area contributed by atoms with E-state index in [0.29, 0.717) is 13.0 Å². The molecule has 0 amide bonds. The Morgan fingerprint density at radius 2 is 2.15 bits per heavy atom. The van der Waals surface area contributed by atoms with E-state index in [4.69, 9.17) is 4.74 Å². The molecular weight excluding hydrogens is 164 g/mol. The van der Waals surface area contributed by atoms with Gasteiger partial charge >= 0.3 is 5.97 Å². The third-order valence-corrected chi connectivity index (χ3v) is 1.80. The Hall–Kier alpha value is -0.790. The van der Waals surface area contributed by atoms with Gasteiger partial charge in [-0.05, 0) is 25.7 Å². The lowest BCUT2D eigenvalue weighted by Crippen LogP contribution is -2.05. The Morgan fingerprint density at radius 3 is 2.77 bits per heavy atom. The van der Waals surface area contributed by atoms with Crippen LogP contribution in [0.1, 0.15) is 45.4 Å². The van der Waals surface area contributed by atoms with Crippen LogP contribution in [0.3, 0.4) is 0 Å². The third-order valence-electron chi connectivity index (χ3n) is 1.80. The molecule has 2 heteroatoms. The van der Waals surface area contributed by atoms with Gasteiger partial charge < -0.3 is 4.74 Å².